The molecule has 0 radical (unpaired) electrons. The van der Waals surface area contributed by atoms with Crippen LogP contribution in [0.2, 0.25) is 0 Å². The molecule has 0 saturated heterocycles. The minimum absolute atomic E-state index is 0. The molecule has 0 saturated carbocycles. The number of nitrogens with zero attached hydrogens (tertiary/aromatic N) is 3. The largest absolute Gasteiger partial charge is 0.359 e. The van der Waals surface area contributed by atoms with Crippen LogP contribution < -0.4 is 10.6 Å². The molecule has 0 amide bonds. The highest BCUT2D eigenvalue weighted by Gasteiger charge is 2.20. The standard InChI is InChI=1S/C18H35N5O.HI/c1-8-14(9-2)16-11-15(24-22-16)12-20-17(19-10-3)21-13-18(4,5)23(6)7;/h11,14H,8-10,12-13H2,1-7H3,(H2,19,20,21);1H. The average molecular weight is 465 g/mol. The number of likely N-dealkylation sites (N-methyl/N-ethyl adjacent to an activating group) is 1. The van der Waals surface area contributed by atoms with Gasteiger partial charge in [0.05, 0.1) is 5.69 Å². The number of hydrogen-bond donors (Lipinski definition) is 2. The van der Waals surface area contributed by atoms with Crippen molar-refractivity contribution in [3.8, 4) is 0 Å². The molecule has 0 spiro atoms. The van der Waals surface area contributed by atoms with E-state index in [2.05, 4.69) is 74.4 Å². The SMILES string of the molecule is CCNC(=NCc1cc(C(CC)CC)no1)NCC(C)(C)N(C)C.I. The second-order valence-corrected chi connectivity index (χ2v) is 6.99. The minimum atomic E-state index is 0. The highest BCUT2D eigenvalue weighted by Crippen LogP contribution is 2.22. The number of hydrogen-bond acceptors (Lipinski definition) is 4. The Balaban J connectivity index is 0.00000576. The van der Waals surface area contributed by atoms with Crippen molar-refractivity contribution in [3.05, 3.63) is 17.5 Å². The molecule has 1 aromatic rings. The molecule has 1 aromatic heterocycles. The molecule has 0 aliphatic rings. The third kappa shape index (κ3) is 7.94. The lowest BCUT2D eigenvalue weighted by Gasteiger charge is -2.33. The van der Waals surface area contributed by atoms with Crippen LogP contribution in [-0.2, 0) is 6.54 Å². The molecule has 0 atom stereocenters. The zero-order valence-corrected chi connectivity index (χ0v) is 19.2. The molecule has 6 nitrogen and oxygen atoms in total. The monoisotopic (exact) mass is 465 g/mol. The normalized spacial score (nSPS) is 12.4. The Morgan fingerprint density at radius 3 is 2.40 bits per heavy atom. The van der Waals surface area contributed by atoms with Crippen molar-refractivity contribution in [2.24, 2.45) is 4.99 Å². The van der Waals surface area contributed by atoms with Crippen molar-refractivity contribution in [2.75, 3.05) is 27.2 Å². The summed E-state index contributed by atoms with van der Waals surface area (Å²) in [6.45, 7) is 12.9. The topological polar surface area (TPSA) is 65.7 Å². The van der Waals surface area contributed by atoms with Crippen molar-refractivity contribution >= 4 is 29.9 Å². The fraction of sp³-hybridized carbons (Fsp3) is 0.778. The average Bonchev–Trinajstić information content (AvgIpc) is 3.00. The lowest BCUT2D eigenvalue weighted by molar-refractivity contribution is 0.197. The molecule has 0 unspecified atom stereocenters. The number of guanidine groups is 1. The number of aliphatic imine (C=N–C) groups is 1. The summed E-state index contributed by atoms with van der Waals surface area (Å²) in [6.07, 6.45) is 2.16. The lowest BCUT2D eigenvalue weighted by Crippen LogP contribution is -2.50. The number of halogens is 1. The van der Waals surface area contributed by atoms with Crippen LogP contribution in [0, 0.1) is 0 Å². The molecule has 146 valence electrons. The van der Waals surface area contributed by atoms with Crippen molar-refractivity contribution in [1.82, 2.24) is 20.7 Å². The maximum atomic E-state index is 5.44. The number of aromatic nitrogens is 1. The Labute approximate surface area is 170 Å². The van der Waals surface area contributed by atoms with E-state index in [1.807, 2.05) is 6.07 Å². The van der Waals surface area contributed by atoms with E-state index in [0.717, 1.165) is 43.3 Å². The summed E-state index contributed by atoms with van der Waals surface area (Å²) in [4.78, 5) is 6.81. The van der Waals surface area contributed by atoms with Crippen molar-refractivity contribution in [3.63, 3.8) is 0 Å². The summed E-state index contributed by atoms with van der Waals surface area (Å²) >= 11 is 0. The van der Waals surface area contributed by atoms with Gasteiger partial charge in [-0.1, -0.05) is 19.0 Å². The maximum absolute atomic E-state index is 5.44. The molecular weight excluding hydrogens is 429 g/mol. The molecule has 2 N–H and O–H groups in total. The van der Waals surface area contributed by atoms with Gasteiger partial charge in [0.2, 0.25) is 0 Å². The predicted octanol–water partition coefficient (Wildman–Crippen LogP) is 3.59. The van der Waals surface area contributed by atoms with Crippen molar-refractivity contribution in [1.29, 1.82) is 0 Å². The molecule has 0 aliphatic heterocycles. The first-order valence-corrected chi connectivity index (χ1v) is 8.99. The summed E-state index contributed by atoms with van der Waals surface area (Å²) in [7, 11) is 4.17. The van der Waals surface area contributed by atoms with Gasteiger partial charge in [-0.3, -0.25) is 0 Å². The van der Waals surface area contributed by atoms with Gasteiger partial charge in [0, 0.05) is 30.6 Å². The first-order valence-electron chi connectivity index (χ1n) is 8.99. The van der Waals surface area contributed by atoms with E-state index in [9.17, 15) is 0 Å². The van der Waals surface area contributed by atoms with Crippen LogP contribution in [0.25, 0.3) is 0 Å². The minimum Gasteiger partial charge on any atom is -0.359 e. The second-order valence-electron chi connectivity index (χ2n) is 6.99. The molecule has 25 heavy (non-hydrogen) atoms. The van der Waals surface area contributed by atoms with E-state index in [4.69, 9.17) is 4.52 Å². The zero-order chi connectivity index (χ0) is 18.2. The Morgan fingerprint density at radius 2 is 1.88 bits per heavy atom. The van der Waals surface area contributed by atoms with Gasteiger partial charge in [-0.25, -0.2) is 4.99 Å². The third-order valence-corrected chi connectivity index (χ3v) is 4.62. The Morgan fingerprint density at radius 1 is 1.24 bits per heavy atom. The lowest BCUT2D eigenvalue weighted by atomic mass is 9.99. The van der Waals surface area contributed by atoms with E-state index in [1.165, 1.54) is 0 Å². The van der Waals surface area contributed by atoms with E-state index < -0.39 is 0 Å². The molecule has 7 heteroatoms. The first-order chi connectivity index (χ1) is 11.3. The smallest absolute Gasteiger partial charge is 0.191 e. The fourth-order valence-electron chi connectivity index (χ4n) is 2.26. The van der Waals surface area contributed by atoms with E-state index in [0.29, 0.717) is 12.5 Å². The molecule has 1 rings (SSSR count). The molecule has 0 aliphatic carbocycles. The van der Waals surface area contributed by atoms with Gasteiger partial charge in [0.15, 0.2) is 11.7 Å². The van der Waals surface area contributed by atoms with Crippen LogP contribution in [-0.4, -0.2) is 48.7 Å². The maximum Gasteiger partial charge on any atom is 0.191 e. The molecular formula is C18H36IN5O. The van der Waals surface area contributed by atoms with Gasteiger partial charge < -0.3 is 20.1 Å². The van der Waals surface area contributed by atoms with Crippen LogP contribution in [0.4, 0.5) is 0 Å². The van der Waals surface area contributed by atoms with Crippen LogP contribution in [0.5, 0.6) is 0 Å². The summed E-state index contributed by atoms with van der Waals surface area (Å²) in [5.41, 5.74) is 1.09. The van der Waals surface area contributed by atoms with E-state index in [-0.39, 0.29) is 29.5 Å². The predicted molar refractivity (Wildman–Crippen MR) is 116 cm³/mol. The summed E-state index contributed by atoms with van der Waals surface area (Å²) in [6, 6.07) is 2.04. The van der Waals surface area contributed by atoms with Crippen LogP contribution >= 0.6 is 24.0 Å². The Kier molecular flexibility index (Phi) is 11.3. The van der Waals surface area contributed by atoms with Gasteiger partial charge in [0.1, 0.15) is 6.54 Å². The van der Waals surface area contributed by atoms with Crippen molar-refractivity contribution in [2.45, 2.75) is 65.5 Å². The van der Waals surface area contributed by atoms with Gasteiger partial charge in [-0.05, 0) is 47.7 Å². The first kappa shape index (κ1) is 24.2. The van der Waals surface area contributed by atoms with Gasteiger partial charge in [0.25, 0.3) is 0 Å². The quantitative estimate of drug-likeness (QED) is 0.332. The van der Waals surface area contributed by atoms with Gasteiger partial charge >= 0.3 is 0 Å². The number of nitrogens with one attached hydrogen (secondary N) is 2. The fourth-order valence-corrected chi connectivity index (χ4v) is 2.26. The highest BCUT2D eigenvalue weighted by atomic mass is 127. The Bertz CT molecular complexity index is 509. The van der Waals surface area contributed by atoms with Crippen molar-refractivity contribution < 1.29 is 4.52 Å². The second kappa shape index (κ2) is 11.7. The van der Waals surface area contributed by atoms with Gasteiger partial charge in [-0.2, -0.15) is 0 Å². The zero-order valence-electron chi connectivity index (χ0n) is 16.8. The molecule has 0 bridgehead atoms. The van der Waals surface area contributed by atoms with Crippen LogP contribution in [0.3, 0.4) is 0 Å². The highest BCUT2D eigenvalue weighted by molar-refractivity contribution is 14.0. The summed E-state index contributed by atoms with van der Waals surface area (Å²) < 4.78 is 5.44. The third-order valence-electron chi connectivity index (χ3n) is 4.62. The van der Waals surface area contributed by atoms with E-state index >= 15 is 0 Å². The Hall–Kier alpha value is -0.830. The van der Waals surface area contributed by atoms with Gasteiger partial charge in [-0.15, -0.1) is 24.0 Å². The van der Waals surface area contributed by atoms with Crippen LogP contribution in [0.1, 0.15) is 64.8 Å². The molecule has 0 fully saturated rings. The summed E-state index contributed by atoms with van der Waals surface area (Å²) in [5, 5.41) is 10.9. The number of rotatable bonds is 9. The van der Waals surface area contributed by atoms with Crippen LogP contribution in [0.15, 0.2) is 15.6 Å². The molecule has 0 aromatic carbocycles. The molecule has 1 heterocycles. The summed E-state index contributed by atoms with van der Waals surface area (Å²) in [5.74, 6) is 2.08. The van der Waals surface area contributed by atoms with E-state index in [1.54, 1.807) is 0 Å².